The van der Waals surface area contributed by atoms with Gasteiger partial charge in [0.25, 0.3) is 0 Å². The van der Waals surface area contributed by atoms with Crippen LogP contribution in [0.1, 0.15) is 31.2 Å². The third-order valence-corrected chi connectivity index (χ3v) is 9.60. The predicted molar refractivity (Wildman–Crippen MR) is 158 cm³/mol. The third kappa shape index (κ3) is 4.25. The number of phenolic OH excluding ortho intramolecular Hbond substituents is 1. The van der Waals surface area contributed by atoms with Gasteiger partial charge in [0, 0.05) is 53.0 Å². The van der Waals surface area contributed by atoms with E-state index in [9.17, 15) is 24.3 Å². The molecule has 2 aromatic rings. The molecule has 5 aliphatic rings. The molecule has 2 fully saturated rings. The summed E-state index contributed by atoms with van der Waals surface area (Å²) >= 11 is 0. The minimum atomic E-state index is -0.717. The summed E-state index contributed by atoms with van der Waals surface area (Å²) in [6.07, 6.45) is 3.82. The van der Waals surface area contributed by atoms with Crippen LogP contribution in [0.3, 0.4) is 0 Å². The van der Waals surface area contributed by atoms with Crippen LogP contribution in [0.15, 0.2) is 76.9 Å². The summed E-state index contributed by atoms with van der Waals surface area (Å²) in [5, 5.41) is 11.1. The van der Waals surface area contributed by atoms with E-state index in [4.69, 9.17) is 9.47 Å². The molecule has 9 nitrogen and oxygen atoms in total. The summed E-state index contributed by atoms with van der Waals surface area (Å²) in [5.74, 6) is -3.12. The van der Waals surface area contributed by atoms with Crippen molar-refractivity contribution in [2.24, 2.45) is 17.8 Å². The highest BCUT2D eigenvalue weighted by Gasteiger charge is 2.56. The average Bonchev–Trinajstić information content (AvgIpc) is 3.28. The minimum absolute atomic E-state index is 0.0665. The Morgan fingerprint density at radius 1 is 0.930 bits per heavy atom. The van der Waals surface area contributed by atoms with E-state index in [1.54, 1.807) is 19.1 Å². The summed E-state index contributed by atoms with van der Waals surface area (Å²) in [5.41, 5.74) is 3.82. The van der Waals surface area contributed by atoms with Gasteiger partial charge in [-0.3, -0.25) is 24.1 Å². The fourth-order valence-corrected chi connectivity index (χ4v) is 7.50. The Kier molecular flexibility index (Phi) is 6.58. The standard InChI is InChI=1S/C34H32N2O7/c1-18-15-27(37)26-17-25-22(29(31(26)32(18)39)23-8-7-21(42-2)16-28(23)38)9-10-24-30(25)34(41)36(33(24)40)20-5-3-19(4-6-20)35-11-13-43-14-12-35/h3-9,15-16,24-25,29-30,38H,10-14,17H2,1-2H3. The van der Waals surface area contributed by atoms with Crippen molar-refractivity contribution in [1.29, 1.82) is 0 Å². The monoisotopic (exact) mass is 580 g/mol. The molecule has 2 aliphatic heterocycles. The fourth-order valence-electron chi connectivity index (χ4n) is 7.50. The van der Waals surface area contributed by atoms with Gasteiger partial charge in [-0.05, 0) is 62.1 Å². The second kappa shape index (κ2) is 10.3. The summed E-state index contributed by atoms with van der Waals surface area (Å²) in [7, 11) is 1.50. The number of anilines is 2. The average molecular weight is 581 g/mol. The molecule has 43 heavy (non-hydrogen) atoms. The van der Waals surface area contributed by atoms with Crippen LogP contribution in [0.4, 0.5) is 11.4 Å². The third-order valence-electron chi connectivity index (χ3n) is 9.60. The predicted octanol–water partition coefficient (Wildman–Crippen LogP) is 3.87. The highest BCUT2D eigenvalue weighted by Crippen LogP contribution is 2.56. The Labute approximate surface area is 249 Å². The van der Waals surface area contributed by atoms with Crippen molar-refractivity contribution in [2.45, 2.75) is 25.7 Å². The van der Waals surface area contributed by atoms with E-state index in [0.717, 1.165) is 24.4 Å². The number of allylic oxidation sites excluding steroid dienone is 6. The number of ether oxygens (including phenoxy) is 2. The van der Waals surface area contributed by atoms with Crippen LogP contribution in [-0.2, 0) is 23.9 Å². The molecule has 2 amide bonds. The van der Waals surface area contributed by atoms with Gasteiger partial charge in [-0.15, -0.1) is 0 Å². The lowest BCUT2D eigenvalue weighted by molar-refractivity contribution is -0.123. The van der Waals surface area contributed by atoms with Crippen LogP contribution < -0.4 is 14.5 Å². The number of amides is 2. The number of nitrogens with zero attached hydrogens (tertiary/aromatic N) is 2. The molecule has 0 saturated carbocycles. The maximum Gasteiger partial charge on any atom is 0.238 e. The molecule has 7 rings (SSSR count). The van der Waals surface area contributed by atoms with Gasteiger partial charge < -0.3 is 19.5 Å². The zero-order chi connectivity index (χ0) is 30.0. The van der Waals surface area contributed by atoms with Gasteiger partial charge in [0.1, 0.15) is 11.5 Å². The summed E-state index contributed by atoms with van der Waals surface area (Å²) in [4.78, 5) is 58.3. The molecule has 0 bridgehead atoms. The number of Topliss-reactive ketones (excluding diaryl/α,β-unsaturated/α-hetero) is 1. The smallest absolute Gasteiger partial charge is 0.238 e. The number of phenols is 1. The number of hydrogen-bond acceptors (Lipinski definition) is 8. The first kappa shape index (κ1) is 27.3. The molecular formula is C34H32N2O7. The lowest BCUT2D eigenvalue weighted by Gasteiger charge is -2.42. The molecule has 2 aromatic carbocycles. The van der Waals surface area contributed by atoms with E-state index < -0.39 is 23.7 Å². The van der Waals surface area contributed by atoms with Crippen molar-refractivity contribution in [3.05, 3.63) is 82.5 Å². The second-order valence-electron chi connectivity index (χ2n) is 11.8. The molecule has 0 spiro atoms. The Morgan fingerprint density at radius 3 is 2.35 bits per heavy atom. The normalized spacial score (nSPS) is 27.0. The van der Waals surface area contributed by atoms with Crippen LogP contribution in [0.25, 0.3) is 0 Å². The van der Waals surface area contributed by atoms with E-state index in [-0.39, 0.29) is 35.6 Å². The van der Waals surface area contributed by atoms with Crippen LogP contribution in [-0.4, -0.2) is 61.9 Å². The first-order valence-corrected chi connectivity index (χ1v) is 14.7. The quantitative estimate of drug-likeness (QED) is 0.330. The SMILES string of the molecule is COc1ccc(C2C3=CCC4C(=O)N(c5ccc(N6CCOCC6)cc5)C(=O)C4C3CC3=C2C(=O)C(C)=CC3=O)c(O)c1. The van der Waals surface area contributed by atoms with E-state index in [1.807, 2.05) is 30.3 Å². The number of aromatic hydroxyl groups is 1. The van der Waals surface area contributed by atoms with Crippen molar-refractivity contribution in [3.8, 4) is 11.5 Å². The molecular weight excluding hydrogens is 548 g/mol. The second-order valence-corrected chi connectivity index (χ2v) is 11.8. The Bertz CT molecular complexity index is 1660. The van der Waals surface area contributed by atoms with Gasteiger partial charge in [-0.25, -0.2) is 0 Å². The Morgan fingerprint density at radius 2 is 1.65 bits per heavy atom. The van der Waals surface area contributed by atoms with Crippen molar-refractivity contribution < 1.29 is 33.8 Å². The van der Waals surface area contributed by atoms with Crippen molar-refractivity contribution in [2.75, 3.05) is 43.2 Å². The molecule has 0 radical (unpaired) electrons. The van der Waals surface area contributed by atoms with Crippen LogP contribution >= 0.6 is 0 Å². The fraction of sp³-hybridized carbons (Fsp3) is 0.353. The van der Waals surface area contributed by atoms with Gasteiger partial charge in [0.2, 0.25) is 11.8 Å². The number of imide groups is 1. The number of benzene rings is 2. The highest BCUT2D eigenvalue weighted by atomic mass is 16.5. The summed E-state index contributed by atoms with van der Waals surface area (Å²) in [6, 6.07) is 12.4. The van der Waals surface area contributed by atoms with Crippen LogP contribution in [0.5, 0.6) is 11.5 Å². The minimum Gasteiger partial charge on any atom is -0.507 e. The molecule has 1 N–H and O–H groups in total. The molecule has 2 heterocycles. The number of fused-ring (bicyclic) bond motifs is 3. The van der Waals surface area contributed by atoms with Gasteiger partial charge in [0.05, 0.1) is 37.8 Å². The lowest BCUT2D eigenvalue weighted by atomic mass is 9.59. The molecule has 220 valence electrons. The number of ketones is 2. The molecule has 9 heteroatoms. The first-order chi connectivity index (χ1) is 20.8. The topological polar surface area (TPSA) is 113 Å². The van der Waals surface area contributed by atoms with Crippen LogP contribution in [0.2, 0.25) is 0 Å². The number of carbonyl (C=O) groups excluding carboxylic acids is 4. The van der Waals surface area contributed by atoms with Crippen LogP contribution in [0, 0.1) is 17.8 Å². The van der Waals surface area contributed by atoms with Gasteiger partial charge in [-0.2, -0.15) is 0 Å². The number of morpholine rings is 1. The largest absolute Gasteiger partial charge is 0.507 e. The Balaban J connectivity index is 1.27. The zero-order valence-corrected chi connectivity index (χ0v) is 24.0. The van der Waals surface area contributed by atoms with Gasteiger partial charge in [-0.1, -0.05) is 17.7 Å². The van der Waals surface area contributed by atoms with Crippen molar-refractivity contribution in [1.82, 2.24) is 0 Å². The van der Waals surface area contributed by atoms with Crippen molar-refractivity contribution in [3.63, 3.8) is 0 Å². The molecule has 4 atom stereocenters. The zero-order valence-electron chi connectivity index (χ0n) is 24.0. The van der Waals surface area contributed by atoms with E-state index >= 15 is 0 Å². The first-order valence-electron chi connectivity index (χ1n) is 14.7. The summed E-state index contributed by atoms with van der Waals surface area (Å²) < 4.78 is 10.7. The number of rotatable bonds is 4. The van der Waals surface area contributed by atoms with E-state index in [2.05, 4.69) is 4.90 Å². The maximum absolute atomic E-state index is 14.1. The van der Waals surface area contributed by atoms with Gasteiger partial charge in [0.15, 0.2) is 11.6 Å². The van der Waals surface area contributed by atoms with Gasteiger partial charge >= 0.3 is 0 Å². The molecule has 3 aliphatic carbocycles. The molecule has 2 saturated heterocycles. The maximum atomic E-state index is 14.1. The number of hydrogen-bond donors (Lipinski definition) is 1. The highest BCUT2D eigenvalue weighted by molar-refractivity contribution is 6.25. The van der Waals surface area contributed by atoms with E-state index in [0.29, 0.717) is 53.4 Å². The molecule has 0 aromatic heterocycles. The Hall–Kier alpha value is -4.50. The molecule has 4 unspecified atom stereocenters. The summed E-state index contributed by atoms with van der Waals surface area (Å²) in [6.45, 7) is 4.48. The van der Waals surface area contributed by atoms with Crippen molar-refractivity contribution >= 4 is 34.8 Å². The number of methoxy groups -OCH3 is 1. The van der Waals surface area contributed by atoms with E-state index in [1.165, 1.54) is 24.2 Å². The lowest BCUT2D eigenvalue weighted by Crippen LogP contribution is -2.39. The number of carbonyl (C=O) groups is 4.